The number of amides is 1. The number of likely N-dealkylation sites (tertiary alicyclic amines) is 1. The normalized spacial score (nSPS) is 20.4. The molecular formula is C20H27N5O2. The second kappa shape index (κ2) is 7.68. The van der Waals surface area contributed by atoms with Gasteiger partial charge >= 0.3 is 0 Å². The van der Waals surface area contributed by atoms with E-state index in [-0.39, 0.29) is 5.91 Å². The number of carbonyl (C=O) groups is 1. The summed E-state index contributed by atoms with van der Waals surface area (Å²) in [6.07, 6.45) is 3.49. The number of nitrogens with zero attached hydrogens (tertiary/aromatic N) is 5. The fourth-order valence-electron chi connectivity index (χ4n) is 4.15. The van der Waals surface area contributed by atoms with Crippen molar-refractivity contribution in [3.8, 4) is 5.75 Å². The number of rotatable bonds is 4. The molecule has 2 aliphatic rings. The third-order valence-corrected chi connectivity index (χ3v) is 5.72. The molecule has 1 fully saturated rings. The van der Waals surface area contributed by atoms with Crippen molar-refractivity contribution in [1.82, 2.24) is 24.6 Å². The highest BCUT2D eigenvalue weighted by atomic mass is 16.5. The lowest BCUT2D eigenvalue weighted by Crippen LogP contribution is -2.35. The van der Waals surface area contributed by atoms with E-state index in [0.29, 0.717) is 25.6 Å². The molecule has 7 nitrogen and oxygen atoms in total. The van der Waals surface area contributed by atoms with Crippen molar-refractivity contribution in [2.45, 2.75) is 38.3 Å². The van der Waals surface area contributed by atoms with Crippen LogP contribution in [0, 0.1) is 0 Å². The number of hydrogen-bond acceptors (Lipinski definition) is 5. The van der Waals surface area contributed by atoms with E-state index in [9.17, 15) is 4.79 Å². The molecule has 7 heteroatoms. The van der Waals surface area contributed by atoms with Crippen molar-refractivity contribution in [2.75, 3.05) is 33.8 Å². The number of carbonyl (C=O) groups excluding carboxylic acids is 1. The Morgan fingerprint density at radius 2 is 2.11 bits per heavy atom. The lowest BCUT2D eigenvalue weighted by Gasteiger charge is -2.22. The summed E-state index contributed by atoms with van der Waals surface area (Å²) in [4.78, 5) is 17.1. The molecule has 1 amide bonds. The minimum absolute atomic E-state index is 0.154. The molecule has 2 aliphatic heterocycles. The number of hydrogen-bond donors (Lipinski definition) is 0. The first-order chi connectivity index (χ1) is 13.2. The Kier molecular flexibility index (Phi) is 5.11. The number of fused-ring (bicyclic) bond motifs is 1. The minimum atomic E-state index is 0.154. The molecule has 3 heterocycles. The van der Waals surface area contributed by atoms with E-state index in [4.69, 9.17) is 4.74 Å². The van der Waals surface area contributed by atoms with E-state index >= 15 is 0 Å². The molecular weight excluding hydrogens is 342 g/mol. The smallest absolute Gasteiger partial charge is 0.227 e. The van der Waals surface area contributed by atoms with Gasteiger partial charge in [0.25, 0.3) is 0 Å². The first-order valence-electron chi connectivity index (χ1n) is 9.68. The summed E-state index contributed by atoms with van der Waals surface area (Å²) < 4.78 is 7.50. The van der Waals surface area contributed by atoms with Gasteiger partial charge in [-0.05, 0) is 44.1 Å². The van der Waals surface area contributed by atoms with Crippen molar-refractivity contribution in [1.29, 1.82) is 0 Å². The summed E-state index contributed by atoms with van der Waals surface area (Å²) in [5.74, 6) is 3.00. The van der Waals surface area contributed by atoms with Gasteiger partial charge in [0, 0.05) is 26.1 Å². The van der Waals surface area contributed by atoms with Crippen LogP contribution in [0.5, 0.6) is 5.75 Å². The van der Waals surface area contributed by atoms with Crippen LogP contribution in [0.1, 0.15) is 36.1 Å². The van der Waals surface area contributed by atoms with Crippen LogP contribution in [0.4, 0.5) is 0 Å². The molecule has 2 aromatic rings. The Labute approximate surface area is 159 Å². The van der Waals surface area contributed by atoms with Crippen molar-refractivity contribution in [3.63, 3.8) is 0 Å². The average Bonchev–Trinajstić information content (AvgIpc) is 3.21. The Morgan fingerprint density at radius 1 is 1.22 bits per heavy atom. The maximum absolute atomic E-state index is 12.8. The number of ether oxygens (including phenoxy) is 1. The van der Waals surface area contributed by atoms with Gasteiger partial charge < -0.3 is 14.2 Å². The SMILES string of the molecule is COc1cccc(CC(=O)N2CCc3nnc(C4CCCN4C)n3CC2)c1. The van der Waals surface area contributed by atoms with Gasteiger partial charge in [-0.2, -0.15) is 0 Å². The van der Waals surface area contributed by atoms with Crippen molar-refractivity contribution in [3.05, 3.63) is 41.5 Å². The molecule has 0 bridgehead atoms. The Hall–Kier alpha value is -2.41. The molecule has 1 unspecified atom stereocenters. The van der Waals surface area contributed by atoms with Crippen molar-refractivity contribution >= 4 is 5.91 Å². The standard InChI is InChI=1S/C20H27N5O2/c1-23-9-4-7-17(23)20-22-21-18-8-10-24(11-12-25(18)20)19(26)14-15-5-3-6-16(13-15)27-2/h3,5-6,13,17H,4,7-12,14H2,1-2H3. The molecule has 0 aliphatic carbocycles. The highest BCUT2D eigenvalue weighted by Gasteiger charge is 2.30. The van der Waals surface area contributed by atoms with Gasteiger partial charge in [0.2, 0.25) is 5.91 Å². The second-order valence-corrected chi connectivity index (χ2v) is 7.42. The first kappa shape index (κ1) is 18.0. The van der Waals surface area contributed by atoms with Crippen molar-refractivity contribution in [2.24, 2.45) is 0 Å². The minimum Gasteiger partial charge on any atom is -0.497 e. The van der Waals surface area contributed by atoms with E-state index in [1.807, 2.05) is 29.2 Å². The summed E-state index contributed by atoms with van der Waals surface area (Å²) in [7, 11) is 3.80. The van der Waals surface area contributed by atoms with Gasteiger partial charge in [0.15, 0.2) is 0 Å². The maximum Gasteiger partial charge on any atom is 0.227 e. The van der Waals surface area contributed by atoms with Gasteiger partial charge in [0.05, 0.1) is 19.6 Å². The molecule has 0 spiro atoms. The molecule has 1 aromatic heterocycles. The third-order valence-electron chi connectivity index (χ3n) is 5.72. The van der Waals surface area contributed by atoms with E-state index in [1.165, 1.54) is 6.42 Å². The fraction of sp³-hybridized carbons (Fsp3) is 0.550. The van der Waals surface area contributed by atoms with Crippen LogP contribution in [0.3, 0.4) is 0 Å². The largest absolute Gasteiger partial charge is 0.497 e. The van der Waals surface area contributed by atoms with Crippen LogP contribution in [0.25, 0.3) is 0 Å². The van der Waals surface area contributed by atoms with E-state index < -0.39 is 0 Å². The van der Waals surface area contributed by atoms with Crippen LogP contribution in [-0.4, -0.2) is 64.3 Å². The highest BCUT2D eigenvalue weighted by Crippen LogP contribution is 2.30. The molecule has 0 N–H and O–H groups in total. The van der Waals surface area contributed by atoms with Gasteiger partial charge in [0.1, 0.15) is 17.4 Å². The molecule has 1 aromatic carbocycles. The Bertz CT molecular complexity index is 818. The molecule has 144 valence electrons. The zero-order valence-corrected chi connectivity index (χ0v) is 16.1. The molecule has 4 rings (SSSR count). The van der Waals surface area contributed by atoms with Crippen LogP contribution in [0.15, 0.2) is 24.3 Å². The lowest BCUT2D eigenvalue weighted by molar-refractivity contribution is -0.130. The predicted octanol–water partition coefficient (Wildman–Crippen LogP) is 1.68. The van der Waals surface area contributed by atoms with Crippen LogP contribution >= 0.6 is 0 Å². The Balaban J connectivity index is 1.44. The molecule has 27 heavy (non-hydrogen) atoms. The fourth-order valence-corrected chi connectivity index (χ4v) is 4.15. The van der Waals surface area contributed by atoms with Gasteiger partial charge in [-0.15, -0.1) is 10.2 Å². The summed E-state index contributed by atoms with van der Waals surface area (Å²) in [5.41, 5.74) is 0.983. The maximum atomic E-state index is 12.8. The highest BCUT2D eigenvalue weighted by molar-refractivity contribution is 5.79. The zero-order valence-electron chi connectivity index (χ0n) is 16.1. The van der Waals surface area contributed by atoms with Crippen LogP contribution in [-0.2, 0) is 24.2 Å². The number of methoxy groups -OCH3 is 1. The summed E-state index contributed by atoms with van der Waals surface area (Å²) in [6.45, 7) is 3.28. The van der Waals surface area contributed by atoms with E-state index in [1.54, 1.807) is 7.11 Å². The number of aromatic nitrogens is 3. The first-order valence-corrected chi connectivity index (χ1v) is 9.68. The molecule has 0 saturated carbocycles. The van der Waals surface area contributed by atoms with E-state index in [2.05, 4.69) is 26.7 Å². The number of benzene rings is 1. The third kappa shape index (κ3) is 3.69. The zero-order chi connectivity index (χ0) is 18.8. The molecule has 1 atom stereocenters. The topological polar surface area (TPSA) is 63.5 Å². The average molecular weight is 369 g/mol. The molecule has 1 saturated heterocycles. The monoisotopic (exact) mass is 369 g/mol. The Morgan fingerprint density at radius 3 is 2.89 bits per heavy atom. The lowest BCUT2D eigenvalue weighted by atomic mass is 10.1. The second-order valence-electron chi connectivity index (χ2n) is 7.42. The van der Waals surface area contributed by atoms with Crippen molar-refractivity contribution < 1.29 is 9.53 Å². The predicted molar refractivity (Wildman–Crippen MR) is 102 cm³/mol. The summed E-state index contributed by atoms with van der Waals surface area (Å²) in [5, 5.41) is 8.91. The van der Waals surface area contributed by atoms with E-state index in [0.717, 1.165) is 48.9 Å². The van der Waals surface area contributed by atoms with Crippen LogP contribution < -0.4 is 4.74 Å². The van der Waals surface area contributed by atoms with Gasteiger partial charge in [-0.1, -0.05) is 12.1 Å². The summed E-state index contributed by atoms with van der Waals surface area (Å²) >= 11 is 0. The van der Waals surface area contributed by atoms with Gasteiger partial charge in [-0.3, -0.25) is 9.69 Å². The van der Waals surface area contributed by atoms with Crippen LogP contribution in [0.2, 0.25) is 0 Å². The quantitative estimate of drug-likeness (QED) is 0.821. The molecule has 0 radical (unpaired) electrons. The van der Waals surface area contributed by atoms with Gasteiger partial charge in [-0.25, -0.2) is 0 Å². The summed E-state index contributed by atoms with van der Waals surface area (Å²) in [6, 6.07) is 8.08.